The van der Waals surface area contributed by atoms with Crippen LogP contribution >= 0.6 is 0 Å². The minimum Gasteiger partial charge on any atom is -0.469 e. The maximum absolute atomic E-state index is 13.2. The maximum Gasteiger partial charge on any atom is 0.305 e. The molecule has 32 heavy (non-hydrogen) atoms. The summed E-state index contributed by atoms with van der Waals surface area (Å²) in [6.07, 6.45) is -0.428. The van der Waals surface area contributed by atoms with Crippen LogP contribution in [0.15, 0.2) is 48.5 Å². The summed E-state index contributed by atoms with van der Waals surface area (Å²) in [4.78, 5) is 77.6. The van der Waals surface area contributed by atoms with Crippen molar-refractivity contribution in [2.45, 2.75) is 18.9 Å². The third-order valence-electron chi connectivity index (χ3n) is 5.55. The van der Waals surface area contributed by atoms with Crippen molar-refractivity contribution in [1.82, 2.24) is 9.80 Å². The largest absolute Gasteiger partial charge is 0.469 e. The molecular formula is C23H18N2O7. The maximum atomic E-state index is 13.2. The van der Waals surface area contributed by atoms with Crippen LogP contribution in [0.25, 0.3) is 0 Å². The van der Waals surface area contributed by atoms with Gasteiger partial charge in [-0.2, -0.15) is 0 Å². The molecule has 0 aromatic heterocycles. The highest BCUT2D eigenvalue weighted by Crippen LogP contribution is 2.28. The van der Waals surface area contributed by atoms with E-state index in [-0.39, 0.29) is 35.1 Å². The van der Waals surface area contributed by atoms with Crippen LogP contribution in [0.4, 0.5) is 0 Å². The van der Waals surface area contributed by atoms with Crippen molar-refractivity contribution in [3.63, 3.8) is 0 Å². The standard InChI is InChI=1S/C23H18N2O7/c1-32-19(27)11-10-17(25-22(30)15-8-4-5-9-16(15)23(25)31)18(26)12-24-20(28)13-6-2-3-7-14(13)21(24)29/h2-9,17H,10-12H2,1H3/t17-/m0/s1. The summed E-state index contributed by atoms with van der Waals surface area (Å²) >= 11 is 0. The lowest BCUT2D eigenvalue weighted by Gasteiger charge is -2.26. The molecule has 2 aliphatic heterocycles. The van der Waals surface area contributed by atoms with Gasteiger partial charge in [-0.1, -0.05) is 24.3 Å². The van der Waals surface area contributed by atoms with Crippen molar-refractivity contribution in [2.75, 3.05) is 13.7 Å². The van der Waals surface area contributed by atoms with Crippen LogP contribution in [0.2, 0.25) is 0 Å². The number of ether oxygens (including phenoxy) is 1. The first kappa shape index (κ1) is 21.1. The molecule has 0 N–H and O–H groups in total. The number of rotatable bonds is 7. The van der Waals surface area contributed by atoms with E-state index >= 15 is 0 Å². The Balaban J connectivity index is 1.62. The summed E-state index contributed by atoms with van der Waals surface area (Å²) in [7, 11) is 1.18. The number of imide groups is 2. The van der Waals surface area contributed by atoms with Gasteiger partial charge in [-0.3, -0.25) is 38.6 Å². The Bertz CT molecular complexity index is 1120. The number of fused-ring (bicyclic) bond motifs is 2. The first-order valence-electron chi connectivity index (χ1n) is 9.86. The van der Waals surface area contributed by atoms with Gasteiger partial charge in [0.25, 0.3) is 23.6 Å². The summed E-state index contributed by atoms with van der Waals surface area (Å²) in [6.45, 7) is -0.633. The van der Waals surface area contributed by atoms with Crippen molar-refractivity contribution in [1.29, 1.82) is 0 Å². The molecule has 9 heteroatoms. The Morgan fingerprint density at radius 3 is 1.66 bits per heavy atom. The third kappa shape index (κ3) is 3.37. The van der Waals surface area contributed by atoms with E-state index in [1.165, 1.54) is 31.4 Å². The average molecular weight is 434 g/mol. The Hall–Kier alpha value is -4.14. The molecule has 4 amide bonds. The van der Waals surface area contributed by atoms with Gasteiger partial charge in [0.2, 0.25) is 0 Å². The Kier molecular flexibility index (Phi) is 5.40. The molecule has 2 aromatic rings. The van der Waals surface area contributed by atoms with Crippen LogP contribution in [0.3, 0.4) is 0 Å². The summed E-state index contributed by atoms with van der Waals surface area (Å²) in [5.41, 5.74) is 0.650. The minimum atomic E-state index is -1.34. The second-order valence-electron chi connectivity index (χ2n) is 7.36. The van der Waals surface area contributed by atoms with Crippen molar-refractivity contribution in [3.8, 4) is 0 Å². The molecule has 0 saturated carbocycles. The van der Waals surface area contributed by atoms with E-state index in [1.54, 1.807) is 24.3 Å². The quantitative estimate of drug-likeness (QED) is 0.478. The summed E-state index contributed by atoms with van der Waals surface area (Å²) in [5.74, 6) is -3.94. The van der Waals surface area contributed by atoms with Gasteiger partial charge < -0.3 is 4.74 Å². The zero-order valence-electron chi connectivity index (χ0n) is 17.1. The molecule has 0 aliphatic carbocycles. The molecule has 9 nitrogen and oxygen atoms in total. The highest BCUT2D eigenvalue weighted by molar-refractivity contribution is 6.24. The second kappa shape index (κ2) is 8.18. The predicted molar refractivity (Wildman–Crippen MR) is 109 cm³/mol. The average Bonchev–Trinajstić information content (AvgIpc) is 3.20. The normalized spacial score (nSPS) is 15.7. The van der Waals surface area contributed by atoms with Gasteiger partial charge >= 0.3 is 5.97 Å². The highest BCUT2D eigenvalue weighted by atomic mass is 16.5. The van der Waals surface area contributed by atoms with Gasteiger partial charge in [-0.25, -0.2) is 0 Å². The number of carbonyl (C=O) groups excluding carboxylic acids is 6. The first-order chi connectivity index (χ1) is 15.3. The Morgan fingerprint density at radius 1 is 0.781 bits per heavy atom. The van der Waals surface area contributed by atoms with Crippen LogP contribution in [-0.4, -0.2) is 64.9 Å². The van der Waals surface area contributed by atoms with Crippen LogP contribution in [0.5, 0.6) is 0 Å². The van der Waals surface area contributed by atoms with Crippen molar-refractivity contribution >= 4 is 35.4 Å². The molecule has 0 saturated heterocycles. The molecule has 162 valence electrons. The topological polar surface area (TPSA) is 118 Å². The molecule has 2 aromatic carbocycles. The number of hydrogen-bond donors (Lipinski definition) is 0. The van der Waals surface area contributed by atoms with E-state index in [1.807, 2.05) is 0 Å². The summed E-state index contributed by atoms with van der Waals surface area (Å²) in [5, 5.41) is 0. The van der Waals surface area contributed by atoms with Crippen LogP contribution in [-0.2, 0) is 14.3 Å². The molecular weight excluding hydrogens is 416 g/mol. The fourth-order valence-corrected chi connectivity index (χ4v) is 3.93. The number of carbonyl (C=O) groups is 6. The van der Waals surface area contributed by atoms with E-state index in [4.69, 9.17) is 0 Å². The summed E-state index contributed by atoms with van der Waals surface area (Å²) < 4.78 is 4.61. The van der Waals surface area contributed by atoms with Gasteiger partial charge in [-0.05, 0) is 30.7 Å². The molecule has 0 unspecified atom stereocenters. The smallest absolute Gasteiger partial charge is 0.305 e. The molecule has 0 spiro atoms. The van der Waals surface area contributed by atoms with E-state index < -0.39 is 48.0 Å². The van der Waals surface area contributed by atoms with Crippen LogP contribution in [0, 0.1) is 0 Å². The van der Waals surface area contributed by atoms with Crippen LogP contribution in [0.1, 0.15) is 54.3 Å². The minimum absolute atomic E-state index is 0.147. The number of esters is 1. The summed E-state index contributed by atoms with van der Waals surface area (Å²) in [6, 6.07) is 11.0. The van der Waals surface area contributed by atoms with Gasteiger partial charge in [0.05, 0.1) is 35.9 Å². The zero-order chi connectivity index (χ0) is 23.0. The molecule has 2 heterocycles. The van der Waals surface area contributed by atoms with E-state index in [0.29, 0.717) is 0 Å². The van der Waals surface area contributed by atoms with Crippen LogP contribution < -0.4 is 0 Å². The number of amides is 4. The molecule has 0 bridgehead atoms. The molecule has 4 rings (SSSR count). The fraction of sp³-hybridized carbons (Fsp3) is 0.217. The zero-order valence-corrected chi connectivity index (χ0v) is 17.1. The Morgan fingerprint density at radius 2 is 1.22 bits per heavy atom. The van der Waals surface area contributed by atoms with E-state index in [2.05, 4.69) is 4.74 Å². The van der Waals surface area contributed by atoms with Crippen molar-refractivity contribution in [2.24, 2.45) is 0 Å². The molecule has 1 atom stereocenters. The number of Topliss-reactive ketones (excluding diaryl/α,β-unsaturated/α-hetero) is 1. The lowest BCUT2D eigenvalue weighted by atomic mass is 10.0. The number of ketones is 1. The molecule has 2 aliphatic rings. The van der Waals surface area contributed by atoms with Gasteiger partial charge in [0, 0.05) is 6.42 Å². The first-order valence-corrected chi connectivity index (χ1v) is 9.86. The highest BCUT2D eigenvalue weighted by Gasteiger charge is 2.44. The monoisotopic (exact) mass is 434 g/mol. The number of benzene rings is 2. The van der Waals surface area contributed by atoms with Crippen molar-refractivity contribution in [3.05, 3.63) is 70.8 Å². The molecule has 0 radical (unpaired) electrons. The number of methoxy groups -OCH3 is 1. The lowest BCUT2D eigenvalue weighted by Crippen LogP contribution is -2.49. The van der Waals surface area contributed by atoms with Gasteiger partial charge in [0.15, 0.2) is 5.78 Å². The third-order valence-corrected chi connectivity index (χ3v) is 5.55. The number of nitrogens with zero attached hydrogens (tertiary/aromatic N) is 2. The fourth-order valence-electron chi connectivity index (χ4n) is 3.93. The lowest BCUT2D eigenvalue weighted by molar-refractivity contribution is -0.141. The predicted octanol–water partition coefficient (Wildman–Crippen LogP) is 1.47. The Labute approximate surface area is 182 Å². The molecule has 0 fully saturated rings. The van der Waals surface area contributed by atoms with Gasteiger partial charge in [0.1, 0.15) is 6.04 Å². The van der Waals surface area contributed by atoms with Gasteiger partial charge in [-0.15, -0.1) is 0 Å². The SMILES string of the molecule is COC(=O)CC[C@@H](C(=O)CN1C(=O)c2ccccc2C1=O)N1C(=O)c2ccccc2C1=O. The number of hydrogen-bond acceptors (Lipinski definition) is 7. The van der Waals surface area contributed by atoms with E-state index in [9.17, 15) is 28.8 Å². The second-order valence-corrected chi connectivity index (χ2v) is 7.36. The van der Waals surface area contributed by atoms with Crippen molar-refractivity contribution < 1.29 is 33.5 Å². The van der Waals surface area contributed by atoms with E-state index in [0.717, 1.165) is 9.80 Å².